The van der Waals surface area contributed by atoms with Gasteiger partial charge in [0.05, 0.1) is 6.61 Å². The number of ether oxygens (including phenoxy) is 2. The predicted octanol–water partition coefficient (Wildman–Crippen LogP) is 4.05. The Morgan fingerprint density at radius 2 is 1.43 bits per heavy atom. The number of rotatable bonds is 19. The highest BCUT2D eigenvalue weighted by Gasteiger charge is 2.39. The van der Waals surface area contributed by atoms with E-state index in [1.807, 2.05) is 6.08 Å². The average molecular weight is 429 g/mol. The van der Waals surface area contributed by atoms with Gasteiger partial charge in [0, 0.05) is 6.42 Å². The molecule has 1 aliphatic rings. The minimum Gasteiger partial charge on any atom is -0.463 e. The molecule has 0 aromatic carbocycles. The van der Waals surface area contributed by atoms with Gasteiger partial charge in [0.2, 0.25) is 0 Å². The van der Waals surface area contributed by atoms with Crippen LogP contribution in [-0.2, 0) is 14.3 Å². The van der Waals surface area contributed by atoms with Gasteiger partial charge in [-0.3, -0.25) is 4.79 Å². The van der Waals surface area contributed by atoms with Gasteiger partial charge in [0.15, 0.2) is 0 Å². The van der Waals surface area contributed by atoms with Gasteiger partial charge >= 0.3 is 5.97 Å². The van der Waals surface area contributed by atoms with Gasteiger partial charge in [-0.15, -0.1) is 6.58 Å². The molecule has 0 aromatic rings. The topological polar surface area (TPSA) is 96.2 Å². The lowest BCUT2D eigenvalue weighted by molar-refractivity contribution is -0.151. The van der Waals surface area contributed by atoms with Crippen molar-refractivity contribution in [3.8, 4) is 0 Å². The van der Waals surface area contributed by atoms with Crippen LogP contribution in [0.2, 0.25) is 0 Å². The minimum absolute atomic E-state index is 0.0206. The molecule has 0 aliphatic carbocycles. The summed E-state index contributed by atoms with van der Waals surface area (Å²) in [6, 6.07) is 0. The Morgan fingerprint density at radius 1 is 0.933 bits per heavy atom. The maximum Gasteiger partial charge on any atom is 0.305 e. The predicted molar refractivity (Wildman–Crippen MR) is 118 cm³/mol. The fraction of sp³-hybridized carbons (Fsp3) is 0.875. The summed E-state index contributed by atoms with van der Waals surface area (Å²) < 4.78 is 10.2. The first-order chi connectivity index (χ1) is 14.6. The van der Waals surface area contributed by atoms with Crippen LogP contribution in [0.25, 0.3) is 0 Å². The van der Waals surface area contributed by atoms with Crippen LogP contribution in [0.5, 0.6) is 0 Å². The van der Waals surface area contributed by atoms with Crippen molar-refractivity contribution < 1.29 is 29.6 Å². The number of unbranched alkanes of at least 4 members (excludes halogenated alkanes) is 13. The van der Waals surface area contributed by atoms with E-state index in [1.165, 1.54) is 64.2 Å². The van der Waals surface area contributed by atoms with E-state index >= 15 is 0 Å². The SMILES string of the molecule is C=CCCCCCCCCCCCCCCCC(=O)OCC(O)C1OCC(O)C1O. The Balaban J connectivity index is 1.83. The van der Waals surface area contributed by atoms with Crippen LogP contribution in [-0.4, -0.2) is 58.9 Å². The van der Waals surface area contributed by atoms with Gasteiger partial charge in [-0.05, 0) is 19.3 Å². The maximum absolute atomic E-state index is 11.8. The number of hydrogen-bond acceptors (Lipinski definition) is 6. The average Bonchev–Trinajstić information content (AvgIpc) is 3.07. The van der Waals surface area contributed by atoms with Crippen molar-refractivity contribution >= 4 is 5.97 Å². The van der Waals surface area contributed by atoms with Gasteiger partial charge in [-0.25, -0.2) is 0 Å². The molecule has 1 aliphatic heterocycles. The fourth-order valence-corrected chi connectivity index (χ4v) is 3.81. The molecule has 4 unspecified atom stereocenters. The second kappa shape index (κ2) is 17.7. The first-order valence-corrected chi connectivity index (χ1v) is 12.0. The molecule has 0 radical (unpaired) electrons. The van der Waals surface area contributed by atoms with Gasteiger partial charge in [-0.1, -0.05) is 76.7 Å². The van der Waals surface area contributed by atoms with Crippen molar-refractivity contribution in [3.63, 3.8) is 0 Å². The lowest BCUT2D eigenvalue weighted by atomic mass is 10.0. The zero-order valence-electron chi connectivity index (χ0n) is 18.7. The largest absolute Gasteiger partial charge is 0.463 e. The highest BCUT2D eigenvalue weighted by molar-refractivity contribution is 5.69. The van der Waals surface area contributed by atoms with Crippen molar-refractivity contribution in [1.29, 1.82) is 0 Å². The van der Waals surface area contributed by atoms with Gasteiger partial charge in [0.25, 0.3) is 0 Å². The van der Waals surface area contributed by atoms with Crippen LogP contribution in [0.3, 0.4) is 0 Å². The standard InChI is InChI=1S/C24H44O6/c1-2-3-4-5-6-7-8-9-10-11-12-13-14-15-16-17-22(27)29-19-21(26)24-23(28)20(25)18-30-24/h2,20-21,23-26,28H,1,3-19H2. The molecule has 4 atom stereocenters. The molecule has 0 spiro atoms. The molecule has 0 bridgehead atoms. The number of carbonyl (C=O) groups is 1. The van der Waals surface area contributed by atoms with Crippen molar-refractivity contribution in [2.24, 2.45) is 0 Å². The molecule has 0 aromatic heterocycles. The minimum atomic E-state index is -1.15. The molecular weight excluding hydrogens is 384 g/mol. The van der Waals surface area contributed by atoms with Crippen molar-refractivity contribution in [2.75, 3.05) is 13.2 Å². The Labute approximate surface area is 182 Å². The summed E-state index contributed by atoms with van der Waals surface area (Å²) in [6.45, 7) is 3.51. The fourth-order valence-electron chi connectivity index (χ4n) is 3.81. The van der Waals surface area contributed by atoms with E-state index in [0.29, 0.717) is 6.42 Å². The van der Waals surface area contributed by atoms with E-state index < -0.39 is 24.4 Å². The maximum atomic E-state index is 11.8. The molecule has 3 N–H and O–H groups in total. The molecule has 0 saturated carbocycles. The number of aliphatic hydroxyl groups is 3. The summed E-state index contributed by atoms with van der Waals surface area (Å²) in [4.78, 5) is 11.8. The first-order valence-electron chi connectivity index (χ1n) is 12.0. The van der Waals surface area contributed by atoms with E-state index in [9.17, 15) is 20.1 Å². The smallest absolute Gasteiger partial charge is 0.305 e. The lowest BCUT2D eigenvalue weighted by Crippen LogP contribution is -2.41. The molecule has 1 saturated heterocycles. The van der Waals surface area contributed by atoms with Crippen LogP contribution < -0.4 is 0 Å². The molecule has 0 amide bonds. The number of aliphatic hydroxyl groups excluding tert-OH is 3. The Morgan fingerprint density at radius 3 is 1.90 bits per heavy atom. The number of carbonyl (C=O) groups excluding carboxylic acids is 1. The third-order valence-corrected chi connectivity index (χ3v) is 5.77. The zero-order valence-corrected chi connectivity index (χ0v) is 18.7. The zero-order chi connectivity index (χ0) is 22.0. The summed E-state index contributed by atoms with van der Waals surface area (Å²) in [7, 11) is 0. The van der Waals surface area contributed by atoms with Crippen LogP contribution in [0.15, 0.2) is 12.7 Å². The summed E-state index contributed by atoms with van der Waals surface area (Å²) >= 11 is 0. The molecule has 1 heterocycles. The van der Waals surface area contributed by atoms with E-state index in [2.05, 4.69) is 6.58 Å². The van der Waals surface area contributed by atoms with Crippen molar-refractivity contribution in [2.45, 2.75) is 121 Å². The quantitative estimate of drug-likeness (QED) is 0.163. The highest BCUT2D eigenvalue weighted by atomic mass is 16.6. The summed E-state index contributed by atoms with van der Waals surface area (Å²) in [5, 5.41) is 29.0. The summed E-state index contributed by atoms with van der Waals surface area (Å²) in [5.41, 5.74) is 0. The molecule has 1 rings (SSSR count). The van der Waals surface area contributed by atoms with Crippen LogP contribution >= 0.6 is 0 Å². The van der Waals surface area contributed by atoms with E-state index in [-0.39, 0.29) is 19.2 Å². The second-order valence-corrected chi connectivity index (χ2v) is 8.53. The normalized spacial score (nSPS) is 22.2. The number of allylic oxidation sites excluding steroid dienone is 1. The summed E-state index contributed by atoms with van der Waals surface area (Å²) in [6.07, 6.45) is 15.4. The molecule has 176 valence electrons. The van der Waals surface area contributed by atoms with Gasteiger partial charge in [-0.2, -0.15) is 0 Å². The molecule has 6 heteroatoms. The third-order valence-electron chi connectivity index (χ3n) is 5.77. The molecule has 6 nitrogen and oxygen atoms in total. The summed E-state index contributed by atoms with van der Waals surface area (Å²) in [5.74, 6) is -0.341. The number of hydrogen-bond donors (Lipinski definition) is 3. The first kappa shape index (κ1) is 27.1. The van der Waals surface area contributed by atoms with Crippen LogP contribution in [0, 0.1) is 0 Å². The number of esters is 1. The molecule has 1 fully saturated rings. The lowest BCUT2D eigenvalue weighted by Gasteiger charge is -2.20. The molecule has 30 heavy (non-hydrogen) atoms. The van der Waals surface area contributed by atoms with Crippen LogP contribution in [0.4, 0.5) is 0 Å². The highest BCUT2D eigenvalue weighted by Crippen LogP contribution is 2.18. The third kappa shape index (κ3) is 12.7. The monoisotopic (exact) mass is 428 g/mol. The molecular formula is C24H44O6. The van der Waals surface area contributed by atoms with Crippen molar-refractivity contribution in [3.05, 3.63) is 12.7 Å². The van der Waals surface area contributed by atoms with E-state index in [0.717, 1.165) is 25.7 Å². The van der Waals surface area contributed by atoms with Gasteiger partial charge < -0.3 is 24.8 Å². The van der Waals surface area contributed by atoms with Crippen LogP contribution in [0.1, 0.15) is 96.3 Å². The Hall–Kier alpha value is -0.950. The Bertz CT molecular complexity index is 441. The van der Waals surface area contributed by atoms with Crippen molar-refractivity contribution in [1.82, 2.24) is 0 Å². The van der Waals surface area contributed by atoms with Gasteiger partial charge in [0.1, 0.15) is 31.0 Å². The second-order valence-electron chi connectivity index (χ2n) is 8.53. The Kier molecular flexibility index (Phi) is 16.0. The van der Waals surface area contributed by atoms with E-state index in [1.54, 1.807) is 0 Å². The van der Waals surface area contributed by atoms with E-state index in [4.69, 9.17) is 9.47 Å².